The van der Waals surface area contributed by atoms with Crippen LogP contribution in [-0.4, -0.2) is 26.2 Å². The van der Waals surface area contributed by atoms with Crippen LogP contribution in [-0.2, 0) is 9.53 Å². The fourth-order valence-corrected chi connectivity index (χ4v) is 0.622. The number of ether oxygens (including phenoxy) is 1. The van der Waals surface area contributed by atoms with Crippen molar-refractivity contribution in [2.75, 3.05) is 20.2 Å². The van der Waals surface area contributed by atoms with Gasteiger partial charge in [0.25, 0.3) is 0 Å². The SMILES string of the molecule is CC.COC(=O)C1CNC1. The molecule has 0 aromatic heterocycles. The standard InChI is InChI=1S/C5H9NO2.C2H6/c1-8-5(7)4-2-6-3-4;1-2/h4,6H,2-3H2,1H3;1-2H3. The van der Waals surface area contributed by atoms with Crippen molar-refractivity contribution in [3.05, 3.63) is 0 Å². The highest BCUT2D eigenvalue weighted by atomic mass is 16.5. The zero-order valence-electron chi connectivity index (χ0n) is 6.81. The molecule has 0 aliphatic carbocycles. The Labute approximate surface area is 61.8 Å². The van der Waals surface area contributed by atoms with E-state index in [2.05, 4.69) is 10.1 Å². The van der Waals surface area contributed by atoms with Gasteiger partial charge in [-0.3, -0.25) is 4.79 Å². The summed E-state index contributed by atoms with van der Waals surface area (Å²) in [7, 11) is 1.42. The van der Waals surface area contributed by atoms with Crippen molar-refractivity contribution in [1.82, 2.24) is 5.32 Å². The van der Waals surface area contributed by atoms with Gasteiger partial charge in [0.15, 0.2) is 0 Å². The summed E-state index contributed by atoms with van der Waals surface area (Å²) in [6.07, 6.45) is 0. The predicted molar refractivity (Wildman–Crippen MR) is 39.7 cm³/mol. The van der Waals surface area contributed by atoms with Crippen molar-refractivity contribution in [2.24, 2.45) is 5.92 Å². The number of esters is 1. The Balaban J connectivity index is 0.000000371. The molecule has 0 bridgehead atoms. The third-order valence-electron chi connectivity index (χ3n) is 1.32. The second-order valence-corrected chi connectivity index (χ2v) is 1.88. The summed E-state index contributed by atoms with van der Waals surface area (Å²) in [5.74, 6) is 0.0312. The highest BCUT2D eigenvalue weighted by molar-refractivity contribution is 5.73. The minimum Gasteiger partial charge on any atom is -0.469 e. The predicted octanol–water partition coefficient (Wildman–Crippen LogP) is 0.405. The van der Waals surface area contributed by atoms with Crippen LogP contribution in [0.25, 0.3) is 0 Å². The number of carbonyl (C=O) groups is 1. The van der Waals surface area contributed by atoms with E-state index in [-0.39, 0.29) is 11.9 Å². The summed E-state index contributed by atoms with van der Waals surface area (Å²) in [5.41, 5.74) is 0. The Hall–Kier alpha value is -0.570. The van der Waals surface area contributed by atoms with E-state index >= 15 is 0 Å². The van der Waals surface area contributed by atoms with E-state index in [9.17, 15) is 4.79 Å². The number of hydrogen-bond donors (Lipinski definition) is 1. The molecule has 0 spiro atoms. The molecule has 0 unspecified atom stereocenters. The van der Waals surface area contributed by atoms with Crippen molar-refractivity contribution < 1.29 is 9.53 Å². The van der Waals surface area contributed by atoms with E-state index in [4.69, 9.17) is 0 Å². The van der Waals surface area contributed by atoms with Crippen molar-refractivity contribution in [3.8, 4) is 0 Å². The summed E-state index contributed by atoms with van der Waals surface area (Å²) in [6.45, 7) is 5.57. The van der Waals surface area contributed by atoms with Crippen LogP contribution in [0.1, 0.15) is 13.8 Å². The maximum Gasteiger partial charge on any atom is 0.311 e. The molecule has 1 saturated heterocycles. The molecule has 3 nitrogen and oxygen atoms in total. The molecule has 1 fully saturated rings. The average Bonchev–Trinajstić information content (AvgIpc) is 1.89. The second kappa shape index (κ2) is 5.23. The Morgan fingerprint density at radius 2 is 2.00 bits per heavy atom. The van der Waals surface area contributed by atoms with Gasteiger partial charge in [0, 0.05) is 13.1 Å². The maximum atomic E-state index is 10.5. The largest absolute Gasteiger partial charge is 0.469 e. The monoisotopic (exact) mass is 145 g/mol. The third kappa shape index (κ3) is 2.35. The van der Waals surface area contributed by atoms with E-state index < -0.39 is 0 Å². The zero-order chi connectivity index (χ0) is 7.98. The molecule has 3 heteroatoms. The summed E-state index contributed by atoms with van der Waals surface area (Å²) in [5, 5.41) is 2.98. The van der Waals surface area contributed by atoms with Crippen LogP contribution in [0.4, 0.5) is 0 Å². The van der Waals surface area contributed by atoms with E-state index in [1.807, 2.05) is 13.8 Å². The summed E-state index contributed by atoms with van der Waals surface area (Å²) >= 11 is 0. The molecule has 1 N–H and O–H groups in total. The molecule has 60 valence electrons. The molecule has 1 aliphatic rings. The maximum absolute atomic E-state index is 10.5. The molecule has 1 aliphatic heterocycles. The van der Waals surface area contributed by atoms with Gasteiger partial charge in [0.05, 0.1) is 13.0 Å². The first-order valence-electron chi connectivity index (χ1n) is 3.63. The van der Waals surface area contributed by atoms with Gasteiger partial charge < -0.3 is 10.1 Å². The van der Waals surface area contributed by atoms with Gasteiger partial charge in [-0.1, -0.05) is 13.8 Å². The number of rotatable bonds is 1. The summed E-state index contributed by atoms with van der Waals surface area (Å²) in [6, 6.07) is 0. The van der Waals surface area contributed by atoms with Gasteiger partial charge in [-0.2, -0.15) is 0 Å². The van der Waals surface area contributed by atoms with Gasteiger partial charge in [0.1, 0.15) is 0 Å². The van der Waals surface area contributed by atoms with E-state index in [1.165, 1.54) is 7.11 Å². The summed E-state index contributed by atoms with van der Waals surface area (Å²) < 4.78 is 4.48. The smallest absolute Gasteiger partial charge is 0.311 e. The Morgan fingerprint density at radius 1 is 1.50 bits per heavy atom. The van der Waals surface area contributed by atoms with Gasteiger partial charge in [-0.25, -0.2) is 0 Å². The van der Waals surface area contributed by atoms with Crippen LogP contribution in [0.3, 0.4) is 0 Å². The molecule has 0 aromatic carbocycles. The van der Waals surface area contributed by atoms with Gasteiger partial charge >= 0.3 is 5.97 Å². The molecule has 10 heavy (non-hydrogen) atoms. The van der Waals surface area contributed by atoms with Gasteiger partial charge in [0.2, 0.25) is 0 Å². The average molecular weight is 145 g/mol. The normalized spacial score (nSPS) is 16.3. The molecule has 0 amide bonds. The lowest BCUT2D eigenvalue weighted by atomic mass is 10.0. The third-order valence-corrected chi connectivity index (χ3v) is 1.32. The number of carbonyl (C=O) groups excluding carboxylic acids is 1. The van der Waals surface area contributed by atoms with E-state index in [0.29, 0.717) is 0 Å². The summed E-state index contributed by atoms with van der Waals surface area (Å²) in [4.78, 5) is 10.5. The van der Waals surface area contributed by atoms with Crippen LogP contribution < -0.4 is 5.32 Å². The fraction of sp³-hybridized carbons (Fsp3) is 0.857. The first-order valence-corrected chi connectivity index (χ1v) is 3.63. The fourth-order valence-electron chi connectivity index (χ4n) is 0.622. The lowest BCUT2D eigenvalue weighted by Crippen LogP contribution is -2.46. The van der Waals surface area contributed by atoms with Crippen molar-refractivity contribution in [3.63, 3.8) is 0 Å². The van der Waals surface area contributed by atoms with Crippen LogP contribution >= 0.6 is 0 Å². The van der Waals surface area contributed by atoms with Gasteiger partial charge in [-0.05, 0) is 0 Å². The minimum absolute atomic E-state index is 0.0937. The van der Waals surface area contributed by atoms with Crippen LogP contribution in [0.5, 0.6) is 0 Å². The van der Waals surface area contributed by atoms with Gasteiger partial charge in [-0.15, -0.1) is 0 Å². The van der Waals surface area contributed by atoms with Crippen LogP contribution in [0, 0.1) is 5.92 Å². The lowest BCUT2D eigenvalue weighted by molar-refractivity contribution is -0.147. The lowest BCUT2D eigenvalue weighted by Gasteiger charge is -2.23. The highest BCUT2D eigenvalue weighted by Gasteiger charge is 2.24. The Bertz CT molecular complexity index is 99.8. The topological polar surface area (TPSA) is 38.3 Å². The molecule has 0 saturated carbocycles. The highest BCUT2D eigenvalue weighted by Crippen LogP contribution is 2.03. The van der Waals surface area contributed by atoms with E-state index in [0.717, 1.165) is 13.1 Å². The van der Waals surface area contributed by atoms with E-state index in [1.54, 1.807) is 0 Å². The number of methoxy groups -OCH3 is 1. The second-order valence-electron chi connectivity index (χ2n) is 1.88. The molecule has 1 rings (SSSR count). The first-order chi connectivity index (χ1) is 4.84. The number of nitrogens with one attached hydrogen (secondary N) is 1. The quantitative estimate of drug-likeness (QED) is 0.543. The minimum atomic E-state index is -0.0937. The molecule has 0 radical (unpaired) electrons. The van der Waals surface area contributed by atoms with Crippen molar-refractivity contribution >= 4 is 5.97 Å². The van der Waals surface area contributed by atoms with Crippen LogP contribution in [0.2, 0.25) is 0 Å². The first kappa shape index (κ1) is 9.43. The Morgan fingerprint density at radius 3 is 2.10 bits per heavy atom. The van der Waals surface area contributed by atoms with Crippen LogP contribution in [0.15, 0.2) is 0 Å². The zero-order valence-corrected chi connectivity index (χ0v) is 6.81. The van der Waals surface area contributed by atoms with Crippen molar-refractivity contribution in [1.29, 1.82) is 0 Å². The van der Waals surface area contributed by atoms with Crippen molar-refractivity contribution in [2.45, 2.75) is 13.8 Å². The molecular weight excluding hydrogens is 130 g/mol. The molecule has 1 heterocycles. The molecular formula is C7H15NO2. The Kier molecular flexibility index (Phi) is 4.94. The number of hydrogen-bond acceptors (Lipinski definition) is 3. The molecule has 0 atom stereocenters. The molecule has 0 aromatic rings.